The maximum absolute atomic E-state index is 11.7. The second-order valence-corrected chi connectivity index (χ2v) is 6.53. The van der Waals surface area contributed by atoms with Gasteiger partial charge in [-0.05, 0) is 38.5 Å². The number of thioether (sulfide) groups is 1. The molecule has 0 heterocycles. The lowest BCUT2D eigenvalue weighted by atomic mass is 10.3. The summed E-state index contributed by atoms with van der Waals surface area (Å²) >= 11 is 4.83. The zero-order valence-electron chi connectivity index (χ0n) is 11.8. The fourth-order valence-corrected chi connectivity index (χ4v) is 2.79. The molecular weight excluding hydrogens is 340 g/mol. The summed E-state index contributed by atoms with van der Waals surface area (Å²) in [5.74, 6) is 0.380. The molecule has 4 nitrogen and oxygen atoms in total. The first kappa shape index (κ1) is 17.3. The molecule has 1 amide bonds. The summed E-state index contributed by atoms with van der Waals surface area (Å²) in [5, 5.41) is 2.87. The van der Waals surface area contributed by atoms with Crippen molar-refractivity contribution in [3.05, 3.63) is 22.7 Å². The number of carbonyl (C=O) groups excluding carboxylic acids is 1. The molecule has 1 aromatic carbocycles. The Bertz CT molecular complexity index is 441. The van der Waals surface area contributed by atoms with Gasteiger partial charge in [-0.25, -0.2) is 0 Å². The summed E-state index contributed by atoms with van der Waals surface area (Å²) < 4.78 is 6.36. The van der Waals surface area contributed by atoms with Crippen LogP contribution < -0.4 is 11.1 Å². The Morgan fingerprint density at radius 1 is 1.50 bits per heavy atom. The van der Waals surface area contributed by atoms with E-state index < -0.39 is 0 Å². The van der Waals surface area contributed by atoms with Crippen LogP contribution in [0.3, 0.4) is 0 Å². The lowest BCUT2D eigenvalue weighted by molar-refractivity contribution is -0.118. The zero-order valence-corrected chi connectivity index (χ0v) is 14.2. The number of amides is 1. The van der Waals surface area contributed by atoms with E-state index in [1.807, 2.05) is 32.0 Å². The minimum absolute atomic E-state index is 0.0129. The Kier molecular flexibility index (Phi) is 8.02. The van der Waals surface area contributed by atoms with Crippen LogP contribution in [0.25, 0.3) is 0 Å². The summed E-state index contributed by atoms with van der Waals surface area (Å²) in [5.41, 5.74) is 6.54. The highest BCUT2D eigenvalue weighted by Crippen LogP contribution is 2.27. The maximum Gasteiger partial charge on any atom is 0.230 e. The summed E-state index contributed by atoms with van der Waals surface area (Å²) in [6.45, 7) is 5.30. The number of nitrogens with two attached hydrogens (primary N) is 1. The Morgan fingerprint density at radius 2 is 2.25 bits per heavy atom. The van der Waals surface area contributed by atoms with Crippen molar-refractivity contribution in [1.82, 2.24) is 5.32 Å². The molecule has 1 rings (SSSR count). The van der Waals surface area contributed by atoms with E-state index in [4.69, 9.17) is 10.5 Å². The van der Waals surface area contributed by atoms with Gasteiger partial charge in [0.2, 0.25) is 5.91 Å². The third kappa shape index (κ3) is 7.17. The van der Waals surface area contributed by atoms with Crippen molar-refractivity contribution in [2.45, 2.75) is 31.3 Å². The molecule has 0 aliphatic heterocycles. The molecule has 0 saturated carbocycles. The third-order valence-electron chi connectivity index (χ3n) is 2.43. The molecule has 0 spiro atoms. The Hall–Kier alpha value is -0.720. The van der Waals surface area contributed by atoms with Gasteiger partial charge in [-0.3, -0.25) is 4.79 Å². The standard InChI is InChI=1S/C14H21BrN2O2S/c1-10(2)19-7-3-6-17-14(18)9-20-13-8-11(15)4-5-12(13)16/h4-5,8,10H,3,6-7,9,16H2,1-2H3,(H,17,18). The van der Waals surface area contributed by atoms with Crippen LogP contribution in [0.1, 0.15) is 20.3 Å². The van der Waals surface area contributed by atoms with Gasteiger partial charge in [0.1, 0.15) is 0 Å². The first-order valence-corrected chi connectivity index (χ1v) is 8.33. The van der Waals surface area contributed by atoms with Crippen LogP contribution in [-0.4, -0.2) is 30.9 Å². The number of rotatable bonds is 8. The first-order chi connectivity index (χ1) is 9.49. The van der Waals surface area contributed by atoms with Gasteiger partial charge < -0.3 is 15.8 Å². The Morgan fingerprint density at radius 3 is 2.95 bits per heavy atom. The van der Waals surface area contributed by atoms with Crippen LogP contribution in [0.2, 0.25) is 0 Å². The summed E-state index contributed by atoms with van der Waals surface area (Å²) in [6, 6.07) is 5.63. The minimum Gasteiger partial charge on any atom is -0.398 e. The number of halogens is 1. The topological polar surface area (TPSA) is 64.3 Å². The summed E-state index contributed by atoms with van der Waals surface area (Å²) in [6.07, 6.45) is 1.06. The van der Waals surface area contributed by atoms with Crippen molar-refractivity contribution in [1.29, 1.82) is 0 Å². The molecule has 0 atom stereocenters. The van der Waals surface area contributed by atoms with Gasteiger partial charge in [-0.2, -0.15) is 0 Å². The van der Waals surface area contributed by atoms with Gasteiger partial charge in [-0.1, -0.05) is 15.9 Å². The van der Waals surface area contributed by atoms with Crippen LogP contribution >= 0.6 is 27.7 Å². The third-order valence-corrected chi connectivity index (χ3v) is 3.99. The quantitative estimate of drug-likeness (QED) is 0.424. The number of nitrogen functional groups attached to an aromatic ring is 1. The number of ether oxygens (including phenoxy) is 1. The van der Waals surface area contributed by atoms with Crippen molar-refractivity contribution >= 4 is 39.3 Å². The number of benzene rings is 1. The van der Waals surface area contributed by atoms with Gasteiger partial charge in [0.05, 0.1) is 11.9 Å². The first-order valence-electron chi connectivity index (χ1n) is 6.55. The van der Waals surface area contributed by atoms with Crippen LogP contribution in [0, 0.1) is 0 Å². The molecule has 0 radical (unpaired) electrons. The number of hydrogen-bond donors (Lipinski definition) is 2. The van der Waals surface area contributed by atoms with Crippen LogP contribution in [0.5, 0.6) is 0 Å². The molecule has 0 aliphatic rings. The summed E-state index contributed by atoms with van der Waals surface area (Å²) in [4.78, 5) is 12.6. The zero-order chi connectivity index (χ0) is 15.0. The lowest BCUT2D eigenvalue weighted by Crippen LogP contribution is -2.27. The van der Waals surface area contributed by atoms with Crippen LogP contribution in [-0.2, 0) is 9.53 Å². The Labute approximate surface area is 133 Å². The minimum atomic E-state index is 0.0129. The van der Waals surface area contributed by atoms with Gasteiger partial charge >= 0.3 is 0 Å². The molecule has 1 aromatic rings. The molecule has 0 aromatic heterocycles. The van der Waals surface area contributed by atoms with E-state index >= 15 is 0 Å². The molecule has 0 bridgehead atoms. The lowest BCUT2D eigenvalue weighted by Gasteiger charge is -2.09. The normalized spacial score (nSPS) is 10.8. The average molecular weight is 361 g/mol. The second-order valence-electron chi connectivity index (χ2n) is 4.59. The highest BCUT2D eigenvalue weighted by molar-refractivity contribution is 9.10. The van der Waals surface area contributed by atoms with E-state index in [1.165, 1.54) is 11.8 Å². The predicted molar refractivity (Wildman–Crippen MR) is 88.0 cm³/mol. The highest BCUT2D eigenvalue weighted by Gasteiger charge is 2.05. The summed E-state index contributed by atoms with van der Waals surface area (Å²) in [7, 11) is 0. The van der Waals surface area contributed by atoms with E-state index in [9.17, 15) is 4.79 Å². The average Bonchev–Trinajstić information content (AvgIpc) is 2.39. The maximum atomic E-state index is 11.7. The molecular formula is C14H21BrN2O2S. The van der Waals surface area contributed by atoms with Gasteiger partial charge in [0.15, 0.2) is 0 Å². The highest BCUT2D eigenvalue weighted by atomic mass is 79.9. The molecule has 20 heavy (non-hydrogen) atoms. The van der Waals surface area contributed by atoms with Crippen LogP contribution in [0.15, 0.2) is 27.6 Å². The van der Waals surface area contributed by atoms with Crippen LogP contribution in [0.4, 0.5) is 5.69 Å². The van der Waals surface area contributed by atoms with Gasteiger partial charge in [0.25, 0.3) is 0 Å². The van der Waals surface area contributed by atoms with Crippen molar-refractivity contribution in [3.63, 3.8) is 0 Å². The molecule has 0 saturated heterocycles. The number of anilines is 1. The monoisotopic (exact) mass is 360 g/mol. The van der Waals surface area contributed by atoms with Crippen molar-refractivity contribution < 1.29 is 9.53 Å². The van der Waals surface area contributed by atoms with Crippen molar-refractivity contribution in [2.75, 3.05) is 24.6 Å². The largest absolute Gasteiger partial charge is 0.398 e. The van der Waals surface area contributed by atoms with E-state index in [0.29, 0.717) is 24.6 Å². The SMILES string of the molecule is CC(C)OCCCNC(=O)CSc1cc(Br)ccc1N. The fourth-order valence-electron chi connectivity index (χ4n) is 1.45. The molecule has 112 valence electrons. The van der Waals surface area contributed by atoms with E-state index in [1.54, 1.807) is 0 Å². The van der Waals surface area contributed by atoms with Crippen molar-refractivity contribution in [3.8, 4) is 0 Å². The number of carbonyl (C=O) groups is 1. The number of hydrogen-bond acceptors (Lipinski definition) is 4. The second kappa shape index (κ2) is 9.26. The molecule has 0 aliphatic carbocycles. The molecule has 0 fully saturated rings. The predicted octanol–water partition coefficient (Wildman–Crippen LogP) is 3.05. The molecule has 3 N–H and O–H groups in total. The van der Waals surface area contributed by atoms with E-state index in [0.717, 1.165) is 15.8 Å². The fraction of sp³-hybridized carbons (Fsp3) is 0.500. The molecule has 0 unspecified atom stereocenters. The number of nitrogens with one attached hydrogen (secondary N) is 1. The smallest absolute Gasteiger partial charge is 0.230 e. The van der Waals surface area contributed by atoms with E-state index in [-0.39, 0.29) is 12.0 Å². The Balaban J connectivity index is 2.21. The van der Waals surface area contributed by atoms with Crippen molar-refractivity contribution in [2.24, 2.45) is 0 Å². The van der Waals surface area contributed by atoms with Gasteiger partial charge in [0, 0.05) is 28.2 Å². The molecule has 6 heteroatoms. The van der Waals surface area contributed by atoms with Gasteiger partial charge in [-0.15, -0.1) is 11.8 Å². The van der Waals surface area contributed by atoms with E-state index in [2.05, 4.69) is 21.2 Å².